The topological polar surface area (TPSA) is 60.9 Å². The van der Waals surface area contributed by atoms with Crippen LogP contribution < -0.4 is 4.90 Å². The Hall–Kier alpha value is -2.93. The molecule has 1 fully saturated rings. The number of amides is 4. The van der Waals surface area contributed by atoms with E-state index in [0.717, 1.165) is 14.2 Å². The summed E-state index contributed by atoms with van der Waals surface area (Å²) in [5.74, 6) is -1.10. The summed E-state index contributed by atoms with van der Waals surface area (Å²) in [6.07, 6.45) is 1.71. The van der Waals surface area contributed by atoms with Gasteiger partial charge in [0, 0.05) is 0 Å². The summed E-state index contributed by atoms with van der Waals surface area (Å²) in [6.45, 7) is 11.3. The van der Waals surface area contributed by atoms with Crippen LogP contribution in [0.25, 0.3) is 6.08 Å². The van der Waals surface area contributed by atoms with Crippen molar-refractivity contribution < 1.29 is 14.4 Å². The molecule has 0 spiro atoms. The molecule has 8 heteroatoms. The van der Waals surface area contributed by atoms with Crippen molar-refractivity contribution in [3.63, 3.8) is 0 Å². The zero-order valence-electron chi connectivity index (χ0n) is 21.3. The molecule has 1 aromatic carbocycles. The first kappa shape index (κ1) is 23.5. The van der Waals surface area contributed by atoms with Crippen LogP contribution in [0.1, 0.15) is 59.3 Å². The van der Waals surface area contributed by atoms with E-state index in [1.165, 1.54) is 56.5 Å². The number of carbonyl (C=O) groups excluding carboxylic acids is 3. The minimum atomic E-state index is -0.605. The standard InChI is InChI=1S/C28H27N3O3SSe/c1-14-11-19-24(35-14)31-21-17(27(19,2)3)9-8-10-18(21)28(4,5)20-13-15(36-25(20)31)12-16-22(32)29(6)26(34)30(7)23(16)33/h8-13H,1-7H3. The molecule has 3 aromatic rings. The van der Waals surface area contributed by atoms with Crippen molar-refractivity contribution in [2.75, 3.05) is 19.0 Å². The van der Waals surface area contributed by atoms with E-state index in [0.29, 0.717) is 0 Å². The van der Waals surface area contributed by atoms with Gasteiger partial charge in [0.25, 0.3) is 0 Å². The first-order valence-corrected chi connectivity index (χ1v) is 14.4. The molecule has 0 saturated carbocycles. The van der Waals surface area contributed by atoms with Gasteiger partial charge >= 0.3 is 221 Å². The molecule has 5 heterocycles. The summed E-state index contributed by atoms with van der Waals surface area (Å²) in [4.78, 5) is 43.7. The quantitative estimate of drug-likeness (QED) is 0.229. The Bertz CT molecular complexity index is 1530. The monoisotopic (exact) mass is 565 g/mol. The molecule has 3 aliphatic rings. The van der Waals surface area contributed by atoms with Crippen molar-refractivity contribution in [3.05, 3.63) is 67.5 Å². The van der Waals surface area contributed by atoms with Gasteiger partial charge < -0.3 is 0 Å². The summed E-state index contributed by atoms with van der Waals surface area (Å²) in [7, 11) is 2.83. The molecule has 184 valence electrons. The fourth-order valence-corrected chi connectivity index (χ4v) is 9.68. The van der Waals surface area contributed by atoms with Crippen molar-refractivity contribution in [1.82, 2.24) is 9.80 Å². The minimum absolute atomic E-state index is 0.0380. The van der Waals surface area contributed by atoms with Crippen LogP contribution in [0, 0.1) is 6.92 Å². The van der Waals surface area contributed by atoms with Gasteiger partial charge in [-0.25, -0.2) is 0 Å². The van der Waals surface area contributed by atoms with E-state index >= 15 is 0 Å². The van der Waals surface area contributed by atoms with Gasteiger partial charge in [0.15, 0.2) is 0 Å². The van der Waals surface area contributed by atoms with Gasteiger partial charge in [-0.3, -0.25) is 0 Å². The molecule has 1 saturated heterocycles. The maximum absolute atomic E-state index is 12.9. The van der Waals surface area contributed by atoms with Crippen LogP contribution in [-0.2, 0) is 20.4 Å². The van der Waals surface area contributed by atoms with Crippen LogP contribution in [-0.4, -0.2) is 56.2 Å². The molecule has 4 amide bonds. The van der Waals surface area contributed by atoms with Crippen molar-refractivity contribution >= 4 is 65.0 Å². The van der Waals surface area contributed by atoms with Crippen LogP contribution >= 0.6 is 11.3 Å². The number of nitrogens with zero attached hydrogens (tertiary/aromatic N) is 3. The number of likely N-dealkylation sites (N-methyl/N-ethyl adjacent to an activating group) is 2. The molecule has 3 aliphatic heterocycles. The third-order valence-corrected chi connectivity index (χ3v) is 11.1. The molecular formula is C28H27N3O3SSe. The van der Waals surface area contributed by atoms with E-state index in [-0.39, 0.29) is 30.9 Å². The van der Waals surface area contributed by atoms with Gasteiger partial charge in [-0.15, -0.1) is 0 Å². The molecule has 2 aromatic heterocycles. The number of benzene rings is 1. The number of aryl methyl sites for hydroxylation is 1. The molecule has 0 aliphatic carbocycles. The summed E-state index contributed by atoms with van der Waals surface area (Å²) in [6, 6.07) is 10.5. The van der Waals surface area contributed by atoms with Crippen molar-refractivity contribution in [2.24, 2.45) is 0 Å². The van der Waals surface area contributed by atoms with Gasteiger partial charge in [-0.2, -0.15) is 0 Å². The van der Waals surface area contributed by atoms with Crippen LogP contribution in [0.2, 0.25) is 0 Å². The van der Waals surface area contributed by atoms with E-state index in [1.807, 2.05) is 11.3 Å². The molecule has 0 radical (unpaired) electrons. The molecular weight excluding hydrogens is 537 g/mol. The Morgan fingerprint density at radius 2 is 1.44 bits per heavy atom. The van der Waals surface area contributed by atoms with E-state index in [4.69, 9.17) is 0 Å². The first-order chi connectivity index (χ1) is 16.9. The normalized spacial score (nSPS) is 19.4. The Labute approximate surface area is 220 Å². The zero-order chi connectivity index (χ0) is 25.9. The van der Waals surface area contributed by atoms with Crippen LogP contribution in [0.4, 0.5) is 20.0 Å². The number of rotatable bonds is 1. The van der Waals surface area contributed by atoms with Crippen LogP contribution in [0.5, 0.6) is 0 Å². The fourth-order valence-electron chi connectivity index (χ4n) is 5.70. The Balaban J connectivity index is 1.59. The first-order valence-electron chi connectivity index (χ1n) is 11.9. The third-order valence-electron chi connectivity index (χ3n) is 7.86. The second-order valence-electron chi connectivity index (χ2n) is 10.8. The second kappa shape index (κ2) is 7.31. The van der Waals surface area contributed by atoms with E-state index in [1.54, 1.807) is 6.08 Å². The molecule has 0 atom stereocenters. The number of thiophene rings is 1. The molecule has 0 unspecified atom stereocenters. The predicted octanol–water partition coefficient (Wildman–Crippen LogP) is 5.30. The number of para-hydroxylation sites is 1. The summed E-state index contributed by atoms with van der Waals surface area (Å²) < 4.78 is 2.22. The third kappa shape index (κ3) is 2.86. The van der Waals surface area contributed by atoms with Gasteiger partial charge in [0.05, 0.1) is 0 Å². The molecule has 6 rings (SSSR count). The van der Waals surface area contributed by atoms with E-state index in [9.17, 15) is 14.4 Å². The average molecular weight is 565 g/mol. The Kier molecular flexibility index (Phi) is 4.77. The predicted molar refractivity (Wildman–Crippen MR) is 144 cm³/mol. The van der Waals surface area contributed by atoms with Crippen molar-refractivity contribution in [2.45, 2.75) is 45.4 Å². The van der Waals surface area contributed by atoms with Gasteiger partial charge in [0.1, 0.15) is 0 Å². The number of barbiturate groups is 1. The summed E-state index contributed by atoms with van der Waals surface area (Å²) in [5, 5.41) is 1.26. The maximum atomic E-state index is 12.9. The number of hydrogen-bond acceptors (Lipinski definition) is 5. The van der Waals surface area contributed by atoms with Crippen LogP contribution in [0.3, 0.4) is 0 Å². The molecule has 0 N–H and O–H groups in total. The van der Waals surface area contributed by atoms with Gasteiger partial charge in [0.2, 0.25) is 0 Å². The Morgan fingerprint density at radius 3 is 2.06 bits per heavy atom. The van der Waals surface area contributed by atoms with Gasteiger partial charge in [-0.05, 0) is 0 Å². The zero-order valence-corrected chi connectivity index (χ0v) is 23.9. The average Bonchev–Trinajstić information content (AvgIpc) is 3.44. The summed E-state index contributed by atoms with van der Waals surface area (Å²) in [5.41, 5.74) is 6.15. The van der Waals surface area contributed by atoms with Crippen molar-refractivity contribution in [3.8, 4) is 0 Å². The van der Waals surface area contributed by atoms with E-state index < -0.39 is 17.8 Å². The van der Waals surface area contributed by atoms with Crippen LogP contribution in [0.15, 0.2) is 35.9 Å². The van der Waals surface area contributed by atoms with E-state index in [2.05, 4.69) is 69.9 Å². The SMILES string of the molecule is Cc1cc2c(s1)N1c3[se]c(C=C4C(=O)N(C)C(=O)N(C)C4=O)cc3C(C)(C)c3cccc(c31)C2(C)C. The molecule has 0 bridgehead atoms. The number of carbonyl (C=O) groups is 3. The molecule has 36 heavy (non-hydrogen) atoms. The summed E-state index contributed by atoms with van der Waals surface area (Å²) >= 11 is 1.70. The number of hydrogen-bond donors (Lipinski definition) is 0. The number of fused-ring (bicyclic) bond motifs is 4. The fraction of sp³-hybridized carbons (Fsp3) is 0.321. The second-order valence-corrected chi connectivity index (χ2v) is 14.3. The number of anilines is 3. The number of imide groups is 2. The molecule has 6 nitrogen and oxygen atoms in total. The number of urea groups is 1. The van der Waals surface area contributed by atoms with Gasteiger partial charge in [-0.1, -0.05) is 0 Å². The Morgan fingerprint density at radius 1 is 0.861 bits per heavy atom. The van der Waals surface area contributed by atoms with Crippen molar-refractivity contribution in [1.29, 1.82) is 0 Å².